The SMILES string of the molecule is C=C(F)/C(=C\C=C(\Cl)CF)c1cnc2c(Nc3ccc(C(=O)NCCNC(=O)[C@H](N)CCCN=C(N)N)c(CC)c3)nccn12.CC=CO. The first kappa shape index (κ1) is 39.9. The number of carbonyl (C=O) groups excluding carboxylic acids is 2. The van der Waals surface area contributed by atoms with Gasteiger partial charge in [-0.2, -0.15) is 0 Å². The van der Waals surface area contributed by atoms with E-state index in [1.807, 2.05) is 13.0 Å². The van der Waals surface area contributed by atoms with E-state index in [1.54, 1.807) is 35.7 Å². The van der Waals surface area contributed by atoms with Crippen LogP contribution in [0.4, 0.5) is 20.3 Å². The van der Waals surface area contributed by atoms with Crippen LogP contribution < -0.4 is 33.2 Å². The number of rotatable bonds is 16. The fourth-order valence-corrected chi connectivity index (χ4v) is 4.36. The Morgan fingerprint density at radius 2 is 1.92 bits per heavy atom. The van der Waals surface area contributed by atoms with Gasteiger partial charge in [0.1, 0.15) is 12.5 Å². The zero-order valence-corrected chi connectivity index (χ0v) is 28.2. The molecule has 0 radical (unpaired) electrons. The molecule has 0 aliphatic rings. The summed E-state index contributed by atoms with van der Waals surface area (Å²) in [6.45, 7) is 6.96. The number of carbonyl (C=O) groups is 2. The van der Waals surface area contributed by atoms with E-state index in [-0.39, 0.29) is 41.5 Å². The molecule has 16 heteroatoms. The van der Waals surface area contributed by atoms with Crippen LogP contribution in [0.15, 0.2) is 83.7 Å². The number of nitrogens with two attached hydrogens (primary N) is 3. The Balaban J connectivity index is 0.00000197. The minimum absolute atomic E-state index is 0.0121. The molecule has 0 bridgehead atoms. The summed E-state index contributed by atoms with van der Waals surface area (Å²) < 4.78 is 28.7. The van der Waals surface area contributed by atoms with Crippen LogP contribution in [0.1, 0.15) is 48.3 Å². The van der Waals surface area contributed by atoms with Gasteiger partial charge in [-0.15, -0.1) is 0 Å². The lowest BCUT2D eigenvalue weighted by atomic mass is 10.0. The number of halogens is 3. The fraction of sp³-hybridized carbons (Fsp3) is 0.303. The summed E-state index contributed by atoms with van der Waals surface area (Å²) >= 11 is 5.74. The highest BCUT2D eigenvalue weighted by atomic mass is 35.5. The first-order valence-corrected chi connectivity index (χ1v) is 15.7. The molecule has 1 atom stereocenters. The number of allylic oxidation sites excluding steroid dienone is 6. The molecule has 0 spiro atoms. The first-order chi connectivity index (χ1) is 23.5. The maximum absolute atomic E-state index is 14.3. The molecule has 10 N–H and O–H groups in total. The quantitative estimate of drug-likeness (QED) is 0.0373. The van der Waals surface area contributed by atoms with Gasteiger partial charge in [0.2, 0.25) is 5.91 Å². The van der Waals surface area contributed by atoms with Crippen LogP contribution in [0, 0.1) is 0 Å². The van der Waals surface area contributed by atoms with Gasteiger partial charge in [-0.25, -0.2) is 18.7 Å². The van der Waals surface area contributed by atoms with Crippen LogP contribution in [0.3, 0.4) is 0 Å². The number of aliphatic hydroxyl groups is 1. The number of hydrogen-bond acceptors (Lipinski definition) is 8. The van der Waals surface area contributed by atoms with Crippen molar-refractivity contribution in [2.45, 2.75) is 39.2 Å². The van der Waals surface area contributed by atoms with Crippen molar-refractivity contribution in [3.05, 3.63) is 95.5 Å². The molecule has 0 saturated carbocycles. The highest BCUT2D eigenvalue weighted by Crippen LogP contribution is 2.28. The minimum Gasteiger partial charge on any atom is -0.516 e. The Labute approximate surface area is 288 Å². The highest BCUT2D eigenvalue weighted by molar-refractivity contribution is 6.29. The molecule has 0 fully saturated rings. The van der Waals surface area contributed by atoms with Gasteiger partial charge < -0.3 is 38.3 Å². The molecule has 3 rings (SSSR count). The summed E-state index contributed by atoms with van der Waals surface area (Å²) in [5.74, 6) is -0.992. The molecule has 0 aliphatic heterocycles. The molecule has 2 heterocycles. The number of imidazole rings is 1. The zero-order chi connectivity index (χ0) is 36.3. The van der Waals surface area contributed by atoms with Crippen molar-refractivity contribution in [3.8, 4) is 0 Å². The number of benzene rings is 1. The summed E-state index contributed by atoms with van der Waals surface area (Å²) in [4.78, 5) is 37.7. The highest BCUT2D eigenvalue weighted by Gasteiger charge is 2.17. The van der Waals surface area contributed by atoms with Gasteiger partial charge in [-0.3, -0.25) is 19.0 Å². The molecule has 13 nitrogen and oxygen atoms in total. The van der Waals surface area contributed by atoms with Crippen LogP contribution in [0.5, 0.6) is 0 Å². The maximum Gasteiger partial charge on any atom is 0.251 e. The second-order valence-corrected chi connectivity index (χ2v) is 10.8. The number of nitrogens with one attached hydrogen (secondary N) is 3. The lowest BCUT2D eigenvalue weighted by molar-refractivity contribution is -0.122. The van der Waals surface area contributed by atoms with Crippen molar-refractivity contribution in [1.82, 2.24) is 25.0 Å². The number of hydrogen-bond donors (Lipinski definition) is 7. The number of aromatic nitrogens is 3. The van der Waals surface area contributed by atoms with E-state index in [0.29, 0.717) is 54.2 Å². The summed E-state index contributed by atoms with van der Waals surface area (Å²) in [5.41, 5.74) is 19.2. The average molecular weight is 701 g/mol. The molecular formula is C33H43ClF2N10O3. The second kappa shape index (κ2) is 20.8. The summed E-state index contributed by atoms with van der Waals surface area (Å²) in [7, 11) is 0. The van der Waals surface area contributed by atoms with Crippen molar-refractivity contribution >= 4 is 52.1 Å². The van der Waals surface area contributed by atoms with Crippen molar-refractivity contribution in [2.24, 2.45) is 22.2 Å². The lowest BCUT2D eigenvalue weighted by Crippen LogP contribution is -2.43. The second-order valence-electron chi connectivity index (χ2n) is 10.3. The van der Waals surface area contributed by atoms with E-state index in [0.717, 1.165) is 11.8 Å². The van der Waals surface area contributed by atoms with E-state index < -0.39 is 18.5 Å². The molecule has 2 amide bonds. The zero-order valence-electron chi connectivity index (χ0n) is 27.4. The van der Waals surface area contributed by atoms with E-state index in [1.165, 1.54) is 24.5 Å². The normalized spacial score (nSPS) is 12.2. The molecule has 49 heavy (non-hydrogen) atoms. The average Bonchev–Trinajstić information content (AvgIpc) is 3.52. The fourth-order valence-electron chi connectivity index (χ4n) is 4.30. The van der Waals surface area contributed by atoms with Crippen LogP contribution in [-0.4, -0.2) is 69.6 Å². The Morgan fingerprint density at radius 1 is 1.20 bits per heavy atom. The number of alkyl halides is 1. The van der Waals surface area contributed by atoms with Crippen LogP contribution in [-0.2, 0) is 11.2 Å². The molecule has 0 aliphatic carbocycles. The molecule has 0 unspecified atom stereocenters. The Bertz CT molecular complexity index is 1700. The number of nitrogens with zero attached hydrogens (tertiary/aromatic N) is 4. The predicted octanol–water partition coefficient (Wildman–Crippen LogP) is 4.30. The topological polar surface area (TPSA) is 211 Å². The molecule has 1 aromatic carbocycles. The van der Waals surface area contributed by atoms with Crippen molar-refractivity contribution in [2.75, 3.05) is 31.6 Å². The van der Waals surface area contributed by atoms with Crippen LogP contribution >= 0.6 is 11.6 Å². The number of guanidine groups is 1. The smallest absolute Gasteiger partial charge is 0.251 e. The third-order valence-electron chi connectivity index (χ3n) is 6.71. The summed E-state index contributed by atoms with van der Waals surface area (Å²) in [6, 6.07) is 4.53. The van der Waals surface area contributed by atoms with Gasteiger partial charge in [0.15, 0.2) is 17.4 Å². The molecule has 2 aromatic heterocycles. The predicted molar refractivity (Wildman–Crippen MR) is 191 cm³/mol. The monoisotopic (exact) mass is 700 g/mol. The molecular weight excluding hydrogens is 658 g/mol. The third-order valence-corrected chi connectivity index (χ3v) is 6.94. The van der Waals surface area contributed by atoms with Gasteiger partial charge in [0.25, 0.3) is 5.91 Å². The standard InChI is InChI=1S/C30H37ClF2N10O2.C3H6O/c1-3-19-15-21(7-9-23(19)28(44)38-11-12-39-29(45)24(34)5-4-10-40-30(35)36)42-26-27-41-17-25(43(27)14-13-37-26)22(18(2)33)8-6-20(31)16-32;1-2-3-4/h6-9,13-15,17,24H,2-5,10-12,16,34H2,1H3,(H,37,42)(H,38,44)(H,39,45)(H4,35,36,40);2-4H,1H3/b20-6+,22-8+;/t24-;/m1./s1. The van der Waals surface area contributed by atoms with E-state index >= 15 is 0 Å². The minimum atomic E-state index is -0.882. The van der Waals surface area contributed by atoms with Gasteiger partial charge in [0.05, 0.1) is 24.2 Å². The van der Waals surface area contributed by atoms with Gasteiger partial charge in [-0.1, -0.05) is 31.2 Å². The Kier molecular flexibility index (Phi) is 17.0. The van der Waals surface area contributed by atoms with Crippen LogP contribution in [0.25, 0.3) is 11.2 Å². The Hall–Kier alpha value is -5.28. The number of amides is 2. The molecule has 0 saturated heterocycles. The third kappa shape index (κ3) is 12.7. The summed E-state index contributed by atoms with van der Waals surface area (Å²) in [6.07, 6.45) is 11.3. The van der Waals surface area contributed by atoms with Crippen LogP contribution in [0.2, 0.25) is 0 Å². The van der Waals surface area contributed by atoms with Gasteiger partial charge >= 0.3 is 0 Å². The molecule has 264 valence electrons. The van der Waals surface area contributed by atoms with Gasteiger partial charge in [0, 0.05) is 53.9 Å². The Morgan fingerprint density at radius 3 is 2.55 bits per heavy atom. The maximum atomic E-state index is 14.3. The van der Waals surface area contributed by atoms with E-state index in [2.05, 4.69) is 37.5 Å². The molecule has 3 aromatic rings. The number of fused-ring (bicyclic) bond motifs is 1. The van der Waals surface area contributed by atoms with Crippen molar-refractivity contribution in [3.63, 3.8) is 0 Å². The van der Waals surface area contributed by atoms with Crippen molar-refractivity contribution in [1.29, 1.82) is 0 Å². The van der Waals surface area contributed by atoms with E-state index in [4.69, 9.17) is 33.9 Å². The summed E-state index contributed by atoms with van der Waals surface area (Å²) in [5, 5.41) is 16.3. The number of aliphatic hydroxyl groups excluding tert-OH is 1. The first-order valence-electron chi connectivity index (χ1n) is 15.3. The number of aryl methyl sites for hydroxylation is 1. The van der Waals surface area contributed by atoms with Gasteiger partial charge in [-0.05, 0) is 62.1 Å². The number of anilines is 2. The number of aliphatic imine (C=N–C) groups is 1. The lowest BCUT2D eigenvalue weighted by Gasteiger charge is -2.14. The van der Waals surface area contributed by atoms with Crippen molar-refractivity contribution < 1.29 is 23.5 Å². The van der Waals surface area contributed by atoms with E-state index in [9.17, 15) is 18.4 Å². The largest absolute Gasteiger partial charge is 0.516 e.